The van der Waals surface area contributed by atoms with Crippen LogP contribution in [-0.2, 0) is 16.1 Å². The lowest BCUT2D eigenvalue weighted by atomic mass is 10.1. The summed E-state index contributed by atoms with van der Waals surface area (Å²) in [4.78, 5) is 18.4. The lowest BCUT2D eigenvalue weighted by Gasteiger charge is -2.23. The van der Waals surface area contributed by atoms with Crippen LogP contribution in [0.4, 0.5) is 10.5 Å². The Morgan fingerprint density at radius 3 is 2.72 bits per heavy atom. The maximum atomic E-state index is 12.2. The van der Waals surface area contributed by atoms with Crippen molar-refractivity contribution in [3.63, 3.8) is 0 Å². The second-order valence-corrected chi connectivity index (χ2v) is 7.66. The molecule has 0 saturated carbocycles. The predicted octanol–water partition coefficient (Wildman–Crippen LogP) is 5.18. The number of methoxy groups -OCH3 is 1. The number of fused-ring (bicyclic) bond motifs is 1. The van der Waals surface area contributed by atoms with Crippen molar-refractivity contribution in [1.29, 1.82) is 0 Å². The Kier molecular flexibility index (Phi) is 7.43. The number of hydrogen-bond acceptors (Lipinski definition) is 6. The van der Waals surface area contributed by atoms with Crippen molar-refractivity contribution in [3.8, 4) is 5.75 Å². The molecule has 154 valence electrons. The molecular weight excluding hydrogens is 388 g/mol. The quantitative estimate of drug-likeness (QED) is 0.451. The number of anilines is 1. The second-order valence-electron chi connectivity index (χ2n) is 6.55. The molecule has 0 radical (unpaired) electrons. The summed E-state index contributed by atoms with van der Waals surface area (Å²) in [6.07, 6.45) is 0.536. The topological polar surface area (TPSA) is 60.9 Å². The maximum absolute atomic E-state index is 12.2. The highest BCUT2D eigenvalue weighted by Gasteiger charge is 2.18. The van der Waals surface area contributed by atoms with E-state index in [2.05, 4.69) is 18.0 Å². The van der Waals surface area contributed by atoms with Gasteiger partial charge in [0.2, 0.25) is 0 Å². The van der Waals surface area contributed by atoms with Gasteiger partial charge in [-0.15, -0.1) is 11.3 Å². The Morgan fingerprint density at radius 1 is 1.17 bits per heavy atom. The number of hydrogen-bond donors (Lipinski definition) is 0. The van der Waals surface area contributed by atoms with Crippen LogP contribution >= 0.6 is 11.3 Å². The van der Waals surface area contributed by atoms with E-state index >= 15 is 0 Å². The van der Waals surface area contributed by atoms with E-state index in [4.69, 9.17) is 14.2 Å². The Morgan fingerprint density at radius 2 is 2.00 bits per heavy atom. The number of aromatic nitrogens is 1. The average molecular weight is 415 g/mol. The number of amides is 1. The first-order valence-corrected chi connectivity index (χ1v) is 10.4. The van der Waals surface area contributed by atoms with Gasteiger partial charge in [-0.2, -0.15) is 0 Å². The third kappa shape index (κ3) is 5.46. The molecule has 0 atom stereocenters. The summed E-state index contributed by atoms with van der Waals surface area (Å²) >= 11 is 1.63. The van der Waals surface area contributed by atoms with Crippen molar-refractivity contribution in [3.05, 3.63) is 53.0 Å². The number of carbonyl (C=O) groups excluding carboxylic acids is 1. The Labute approximate surface area is 175 Å². The van der Waals surface area contributed by atoms with Gasteiger partial charge in [-0.3, -0.25) is 4.90 Å². The van der Waals surface area contributed by atoms with E-state index < -0.39 is 6.09 Å². The molecule has 3 aromatic rings. The smallest absolute Gasteiger partial charge is 0.414 e. The van der Waals surface area contributed by atoms with Gasteiger partial charge in [0.25, 0.3) is 0 Å². The van der Waals surface area contributed by atoms with Crippen molar-refractivity contribution in [2.45, 2.75) is 26.9 Å². The molecule has 29 heavy (non-hydrogen) atoms. The van der Waals surface area contributed by atoms with Gasteiger partial charge >= 0.3 is 6.09 Å². The van der Waals surface area contributed by atoms with Crippen LogP contribution in [0.3, 0.4) is 0 Å². The van der Waals surface area contributed by atoms with Crippen LogP contribution in [0.25, 0.3) is 10.2 Å². The third-order valence-electron chi connectivity index (χ3n) is 4.36. The SMILES string of the molecule is CCCOCCN(C(=O)OC)c1ccc(OCc2nc3ccccc3s2)cc1C. The molecule has 0 bridgehead atoms. The third-order valence-corrected chi connectivity index (χ3v) is 5.37. The van der Waals surface area contributed by atoms with E-state index in [1.54, 1.807) is 16.2 Å². The zero-order chi connectivity index (χ0) is 20.6. The van der Waals surface area contributed by atoms with Gasteiger partial charge in [0.1, 0.15) is 17.4 Å². The van der Waals surface area contributed by atoms with Gasteiger partial charge in [-0.05, 0) is 49.2 Å². The van der Waals surface area contributed by atoms with Gasteiger partial charge in [0.05, 0.1) is 36.2 Å². The number of aryl methyl sites for hydroxylation is 1. The molecule has 0 unspecified atom stereocenters. The number of benzene rings is 2. The summed E-state index contributed by atoms with van der Waals surface area (Å²) in [5.74, 6) is 0.734. The lowest BCUT2D eigenvalue weighted by Crippen LogP contribution is -2.34. The van der Waals surface area contributed by atoms with E-state index in [0.717, 1.165) is 38.6 Å². The molecule has 1 aromatic heterocycles. The molecule has 0 aliphatic rings. The molecule has 0 aliphatic carbocycles. The molecule has 0 aliphatic heterocycles. The molecule has 0 spiro atoms. The Bertz CT molecular complexity index is 924. The van der Waals surface area contributed by atoms with Gasteiger partial charge in [0.15, 0.2) is 0 Å². The van der Waals surface area contributed by atoms with Gasteiger partial charge in [-0.1, -0.05) is 19.1 Å². The summed E-state index contributed by atoms with van der Waals surface area (Å²) in [6.45, 7) is 5.96. The molecule has 3 rings (SSSR count). The van der Waals surface area contributed by atoms with Gasteiger partial charge < -0.3 is 14.2 Å². The maximum Gasteiger partial charge on any atom is 0.414 e. The van der Waals surface area contributed by atoms with E-state index in [-0.39, 0.29) is 0 Å². The van der Waals surface area contributed by atoms with E-state index in [9.17, 15) is 4.79 Å². The fourth-order valence-electron chi connectivity index (χ4n) is 2.97. The molecule has 1 amide bonds. The standard InChI is InChI=1S/C22H26N2O4S/c1-4-12-27-13-11-24(22(25)26-3)19-10-9-17(14-16(19)2)28-15-21-23-18-7-5-6-8-20(18)29-21/h5-10,14H,4,11-13,15H2,1-3H3. The summed E-state index contributed by atoms with van der Waals surface area (Å²) < 4.78 is 17.5. The molecule has 0 N–H and O–H groups in total. The van der Waals surface area contributed by atoms with Crippen molar-refractivity contribution in [2.75, 3.05) is 31.8 Å². The van der Waals surface area contributed by atoms with Crippen LogP contribution in [0.15, 0.2) is 42.5 Å². The fraction of sp³-hybridized carbons (Fsp3) is 0.364. The van der Waals surface area contributed by atoms with Crippen molar-refractivity contribution < 1.29 is 19.0 Å². The molecule has 0 saturated heterocycles. The fourth-order valence-corrected chi connectivity index (χ4v) is 3.85. The molecule has 1 heterocycles. The Balaban J connectivity index is 1.67. The first-order chi connectivity index (χ1) is 14.1. The highest BCUT2D eigenvalue weighted by atomic mass is 32.1. The van der Waals surface area contributed by atoms with Crippen molar-refractivity contribution >= 4 is 33.3 Å². The predicted molar refractivity (Wildman–Crippen MR) is 116 cm³/mol. The average Bonchev–Trinajstić information content (AvgIpc) is 3.15. The molecule has 6 nitrogen and oxygen atoms in total. The number of ether oxygens (including phenoxy) is 3. The van der Waals surface area contributed by atoms with Crippen LogP contribution in [0, 0.1) is 6.92 Å². The first-order valence-electron chi connectivity index (χ1n) is 9.63. The molecule has 2 aromatic carbocycles. The Hall–Kier alpha value is -2.64. The van der Waals surface area contributed by atoms with Crippen molar-refractivity contribution in [1.82, 2.24) is 4.98 Å². The minimum Gasteiger partial charge on any atom is -0.486 e. The van der Waals surface area contributed by atoms with Gasteiger partial charge in [-0.25, -0.2) is 9.78 Å². The number of rotatable bonds is 9. The minimum absolute atomic E-state index is 0.406. The summed E-state index contributed by atoms with van der Waals surface area (Å²) in [5, 5.41) is 0.928. The summed E-state index contributed by atoms with van der Waals surface area (Å²) in [5.41, 5.74) is 2.69. The van der Waals surface area contributed by atoms with Crippen LogP contribution in [0.1, 0.15) is 23.9 Å². The molecule has 0 fully saturated rings. The normalized spacial score (nSPS) is 10.9. The van der Waals surface area contributed by atoms with E-state index in [0.29, 0.717) is 26.4 Å². The first kappa shape index (κ1) is 21.1. The minimum atomic E-state index is -0.406. The van der Waals surface area contributed by atoms with Gasteiger partial charge in [0, 0.05) is 6.61 Å². The summed E-state index contributed by atoms with van der Waals surface area (Å²) in [6, 6.07) is 13.7. The molecule has 7 heteroatoms. The molecular formula is C22H26N2O4S. The zero-order valence-electron chi connectivity index (χ0n) is 17.0. The number of thiazole rings is 1. The van der Waals surface area contributed by atoms with Crippen LogP contribution in [0.2, 0.25) is 0 Å². The lowest BCUT2D eigenvalue weighted by molar-refractivity contribution is 0.136. The number of carbonyl (C=O) groups is 1. The number of nitrogens with zero attached hydrogens (tertiary/aromatic N) is 2. The second kappa shape index (κ2) is 10.2. The van der Waals surface area contributed by atoms with E-state index in [1.165, 1.54) is 7.11 Å². The van der Waals surface area contributed by atoms with Crippen LogP contribution < -0.4 is 9.64 Å². The summed E-state index contributed by atoms with van der Waals surface area (Å²) in [7, 11) is 1.38. The number of para-hydroxylation sites is 1. The highest BCUT2D eigenvalue weighted by molar-refractivity contribution is 7.18. The highest BCUT2D eigenvalue weighted by Crippen LogP contribution is 2.27. The van der Waals surface area contributed by atoms with Crippen LogP contribution in [0.5, 0.6) is 5.75 Å². The monoisotopic (exact) mass is 414 g/mol. The van der Waals surface area contributed by atoms with Crippen LogP contribution in [-0.4, -0.2) is 37.9 Å². The van der Waals surface area contributed by atoms with E-state index in [1.807, 2.05) is 43.3 Å². The zero-order valence-corrected chi connectivity index (χ0v) is 17.8. The van der Waals surface area contributed by atoms with Crippen molar-refractivity contribution in [2.24, 2.45) is 0 Å². The largest absolute Gasteiger partial charge is 0.486 e.